The third kappa shape index (κ3) is 5.59. The maximum absolute atomic E-state index is 13.6. The van der Waals surface area contributed by atoms with Crippen molar-refractivity contribution in [3.63, 3.8) is 0 Å². The lowest BCUT2D eigenvalue weighted by atomic mass is 10.0. The van der Waals surface area contributed by atoms with E-state index in [1.165, 1.54) is 6.07 Å². The van der Waals surface area contributed by atoms with Gasteiger partial charge in [-0.1, -0.05) is 22.9 Å². The number of carbonyl (C=O) groups is 1. The number of likely N-dealkylation sites (N-methyl/N-ethyl adjacent to an activating group) is 1. The first-order valence-corrected chi connectivity index (χ1v) is 7.46. The number of carbonyl (C=O) groups excluding carboxylic acids is 1. The Morgan fingerprint density at radius 1 is 1.45 bits per heavy atom. The summed E-state index contributed by atoms with van der Waals surface area (Å²) in [6.45, 7) is 6.64. The highest BCUT2D eigenvalue weighted by atomic mass is 79.9. The van der Waals surface area contributed by atoms with Crippen LogP contribution in [0.1, 0.15) is 32.8 Å². The van der Waals surface area contributed by atoms with E-state index in [9.17, 15) is 9.18 Å². The molecular weight excluding hydrogens is 323 g/mol. The molecule has 3 nitrogen and oxygen atoms in total. The quantitative estimate of drug-likeness (QED) is 0.858. The van der Waals surface area contributed by atoms with E-state index in [4.69, 9.17) is 0 Å². The average Bonchev–Trinajstić information content (AvgIpc) is 2.33. The van der Waals surface area contributed by atoms with Crippen LogP contribution >= 0.6 is 15.9 Å². The number of rotatable bonds is 6. The fourth-order valence-corrected chi connectivity index (χ4v) is 2.17. The second-order valence-electron chi connectivity index (χ2n) is 5.69. The summed E-state index contributed by atoms with van der Waals surface area (Å²) < 4.78 is 14.5. The van der Waals surface area contributed by atoms with E-state index in [0.717, 1.165) is 10.9 Å². The first-order valence-electron chi connectivity index (χ1n) is 6.67. The van der Waals surface area contributed by atoms with E-state index in [-0.39, 0.29) is 23.8 Å². The molecule has 1 aromatic carbocycles. The molecule has 0 aliphatic rings. The van der Waals surface area contributed by atoms with Gasteiger partial charge in [-0.25, -0.2) is 4.39 Å². The zero-order valence-corrected chi connectivity index (χ0v) is 14.1. The summed E-state index contributed by atoms with van der Waals surface area (Å²) in [7, 11) is 1.80. The molecule has 1 rings (SSSR count). The standard InChI is InChI=1S/C15H22BrFN2O/c1-5-15(2,3)18-14(20)10-19(4)9-11-8-12(16)6-7-13(11)17/h6-8H,5,9-10H2,1-4H3,(H,18,20). The molecule has 1 amide bonds. The molecule has 0 aliphatic heterocycles. The molecule has 0 fully saturated rings. The van der Waals surface area contributed by atoms with Crippen LogP contribution < -0.4 is 5.32 Å². The molecule has 0 bridgehead atoms. The highest BCUT2D eigenvalue weighted by Gasteiger charge is 2.18. The second kappa shape index (κ2) is 7.18. The molecule has 0 aliphatic carbocycles. The molecule has 0 unspecified atom stereocenters. The molecule has 0 heterocycles. The van der Waals surface area contributed by atoms with E-state index < -0.39 is 0 Å². The number of hydrogen-bond donors (Lipinski definition) is 1. The van der Waals surface area contributed by atoms with Gasteiger partial charge in [0.1, 0.15) is 5.82 Å². The summed E-state index contributed by atoms with van der Waals surface area (Å²) in [6.07, 6.45) is 0.864. The topological polar surface area (TPSA) is 32.3 Å². The summed E-state index contributed by atoms with van der Waals surface area (Å²) in [4.78, 5) is 13.7. The number of amides is 1. The number of halogens is 2. The van der Waals surface area contributed by atoms with Crippen LogP contribution in [0.2, 0.25) is 0 Å². The van der Waals surface area contributed by atoms with E-state index in [2.05, 4.69) is 21.2 Å². The molecule has 0 aromatic heterocycles. The lowest BCUT2D eigenvalue weighted by Crippen LogP contribution is -2.46. The van der Waals surface area contributed by atoms with E-state index in [0.29, 0.717) is 12.1 Å². The molecular formula is C15H22BrFN2O. The predicted molar refractivity (Wildman–Crippen MR) is 82.9 cm³/mol. The van der Waals surface area contributed by atoms with Crippen LogP contribution in [0.15, 0.2) is 22.7 Å². The van der Waals surface area contributed by atoms with Gasteiger partial charge in [-0.15, -0.1) is 0 Å². The lowest BCUT2D eigenvalue weighted by molar-refractivity contribution is -0.123. The Labute approximate surface area is 128 Å². The monoisotopic (exact) mass is 344 g/mol. The van der Waals surface area contributed by atoms with Crippen LogP contribution in [0.25, 0.3) is 0 Å². The van der Waals surface area contributed by atoms with Crippen LogP contribution in [0.5, 0.6) is 0 Å². The highest BCUT2D eigenvalue weighted by Crippen LogP contribution is 2.16. The van der Waals surface area contributed by atoms with Crippen LogP contribution in [0.4, 0.5) is 4.39 Å². The molecule has 0 saturated carbocycles. The van der Waals surface area contributed by atoms with Crippen molar-refractivity contribution in [3.8, 4) is 0 Å². The van der Waals surface area contributed by atoms with Crippen molar-refractivity contribution in [1.29, 1.82) is 0 Å². The maximum atomic E-state index is 13.6. The Kier molecular flexibility index (Phi) is 6.14. The van der Waals surface area contributed by atoms with Gasteiger partial charge in [-0.3, -0.25) is 9.69 Å². The van der Waals surface area contributed by atoms with Gasteiger partial charge >= 0.3 is 0 Å². The van der Waals surface area contributed by atoms with Gasteiger partial charge in [0.05, 0.1) is 6.54 Å². The zero-order chi connectivity index (χ0) is 15.3. The zero-order valence-electron chi connectivity index (χ0n) is 12.5. The molecule has 112 valence electrons. The van der Waals surface area contributed by atoms with Gasteiger partial charge in [0.2, 0.25) is 5.91 Å². The molecule has 1 N–H and O–H groups in total. The minimum absolute atomic E-state index is 0.0465. The normalized spacial score (nSPS) is 11.8. The largest absolute Gasteiger partial charge is 0.350 e. The Bertz CT molecular complexity index is 477. The highest BCUT2D eigenvalue weighted by molar-refractivity contribution is 9.10. The van der Waals surface area contributed by atoms with Gasteiger partial charge in [-0.2, -0.15) is 0 Å². The first kappa shape index (κ1) is 17.1. The first-order chi connectivity index (χ1) is 9.23. The van der Waals surface area contributed by atoms with Gasteiger partial charge in [0.25, 0.3) is 0 Å². The van der Waals surface area contributed by atoms with Crippen LogP contribution in [0, 0.1) is 5.82 Å². The third-order valence-corrected chi connectivity index (χ3v) is 3.72. The maximum Gasteiger partial charge on any atom is 0.234 e. The third-order valence-electron chi connectivity index (χ3n) is 3.22. The number of hydrogen-bond acceptors (Lipinski definition) is 2. The van der Waals surface area contributed by atoms with Gasteiger partial charge in [0, 0.05) is 22.1 Å². The van der Waals surface area contributed by atoms with Crippen molar-refractivity contribution in [1.82, 2.24) is 10.2 Å². The lowest BCUT2D eigenvalue weighted by Gasteiger charge is -2.26. The fourth-order valence-electron chi connectivity index (χ4n) is 1.76. The fraction of sp³-hybridized carbons (Fsp3) is 0.533. The average molecular weight is 345 g/mol. The molecule has 20 heavy (non-hydrogen) atoms. The van der Waals surface area contributed by atoms with Crippen LogP contribution in [-0.2, 0) is 11.3 Å². The van der Waals surface area contributed by atoms with Crippen molar-refractivity contribution in [3.05, 3.63) is 34.1 Å². The molecule has 5 heteroatoms. The Balaban J connectivity index is 2.57. The van der Waals surface area contributed by atoms with E-state index in [1.54, 1.807) is 24.1 Å². The van der Waals surface area contributed by atoms with Gasteiger partial charge in [0.15, 0.2) is 0 Å². The predicted octanol–water partition coefficient (Wildman–Crippen LogP) is 3.32. The van der Waals surface area contributed by atoms with Crippen molar-refractivity contribution >= 4 is 21.8 Å². The number of benzene rings is 1. The van der Waals surface area contributed by atoms with Crippen LogP contribution in [0.3, 0.4) is 0 Å². The Morgan fingerprint density at radius 2 is 2.10 bits per heavy atom. The Morgan fingerprint density at radius 3 is 2.70 bits per heavy atom. The van der Waals surface area contributed by atoms with Crippen molar-refractivity contribution < 1.29 is 9.18 Å². The van der Waals surface area contributed by atoms with E-state index >= 15 is 0 Å². The molecule has 0 atom stereocenters. The SMILES string of the molecule is CCC(C)(C)NC(=O)CN(C)Cc1cc(Br)ccc1F. The summed E-state index contributed by atoms with van der Waals surface area (Å²) in [5, 5.41) is 2.97. The summed E-state index contributed by atoms with van der Waals surface area (Å²) in [6, 6.07) is 4.82. The second-order valence-corrected chi connectivity index (χ2v) is 6.61. The van der Waals surface area contributed by atoms with Crippen molar-refractivity contribution in [2.45, 2.75) is 39.3 Å². The molecule has 0 saturated heterocycles. The summed E-state index contributed by atoms with van der Waals surface area (Å²) >= 11 is 3.32. The molecule has 0 radical (unpaired) electrons. The summed E-state index contributed by atoms with van der Waals surface area (Å²) in [5.74, 6) is -0.302. The summed E-state index contributed by atoms with van der Waals surface area (Å²) in [5.41, 5.74) is 0.364. The molecule has 1 aromatic rings. The van der Waals surface area contributed by atoms with Gasteiger partial charge in [-0.05, 0) is 45.5 Å². The Hall–Kier alpha value is -0.940. The van der Waals surface area contributed by atoms with E-state index in [1.807, 2.05) is 20.8 Å². The minimum atomic E-state index is -0.255. The van der Waals surface area contributed by atoms with Crippen molar-refractivity contribution in [2.75, 3.05) is 13.6 Å². The van der Waals surface area contributed by atoms with Gasteiger partial charge < -0.3 is 5.32 Å². The number of nitrogens with one attached hydrogen (secondary N) is 1. The molecule has 0 spiro atoms. The van der Waals surface area contributed by atoms with Crippen molar-refractivity contribution in [2.24, 2.45) is 0 Å². The minimum Gasteiger partial charge on any atom is -0.350 e. The number of nitrogens with zero attached hydrogens (tertiary/aromatic N) is 1. The smallest absolute Gasteiger partial charge is 0.234 e. The van der Waals surface area contributed by atoms with Crippen LogP contribution in [-0.4, -0.2) is 29.9 Å².